The number of methoxy groups -OCH3 is 1. The molecule has 0 bridgehead atoms. The maximum atomic E-state index is 5.83. The molecule has 0 heterocycles. The third-order valence-corrected chi connectivity index (χ3v) is 4.00. The molecule has 4 heteroatoms. The summed E-state index contributed by atoms with van der Waals surface area (Å²) in [6, 6.07) is 16.8. The minimum absolute atomic E-state index is 0.257. The van der Waals surface area contributed by atoms with Gasteiger partial charge in [-0.2, -0.15) is 0 Å². The third-order valence-electron chi connectivity index (χ3n) is 4.00. The van der Waals surface area contributed by atoms with E-state index in [1.807, 2.05) is 25.1 Å². The molecule has 0 saturated carbocycles. The van der Waals surface area contributed by atoms with Crippen LogP contribution < -0.4 is 14.8 Å². The van der Waals surface area contributed by atoms with Gasteiger partial charge in [-0.15, -0.1) is 0 Å². The zero-order valence-corrected chi connectivity index (χ0v) is 16.3. The van der Waals surface area contributed by atoms with E-state index in [1.165, 1.54) is 5.56 Å². The smallest absolute Gasteiger partial charge is 0.161 e. The van der Waals surface area contributed by atoms with Crippen LogP contribution in [0, 0.1) is 0 Å². The Morgan fingerprint density at radius 3 is 2.46 bits per heavy atom. The maximum Gasteiger partial charge on any atom is 0.161 e. The van der Waals surface area contributed by atoms with Crippen LogP contribution in [0.25, 0.3) is 0 Å². The highest BCUT2D eigenvalue weighted by atomic mass is 16.5. The molecule has 0 aliphatic rings. The Bertz CT molecular complexity index is 699. The van der Waals surface area contributed by atoms with E-state index in [-0.39, 0.29) is 6.04 Å². The molecule has 0 amide bonds. The predicted octanol–water partition coefficient (Wildman–Crippen LogP) is 4.04. The Labute approximate surface area is 157 Å². The average molecular weight is 354 g/mol. The number of rotatable bonds is 10. The predicted molar refractivity (Wildman–Crippen MR) is 108 cm³/mol. The van der Waals surface area contributed by atoms with Crippen molar-refractivity contribution in [3.63, 3.8) is 0 Å². The highest BCUT2D eigenvalue weighted by Gasteiger charge is 2.13. The molecular formula is C22H30N2O2. The van der Waals surface area contributed by atoms with Gasteiger partial charge < -0.3 is 19.7 Å². The van der Waals surface area contributed by atoms with Gasteiger partial charge in [-0.05, 0) is 49.9 Å². The molecule has 140 valence electrons. The number of hydrogen-bond donors (Lipinski definition) is 1. The second-order valence-electron chi connectivity index (χ2n) is 6.84. The minimum atomic E-state index is 0.257. The van der Waals surface area contributed by atoms with Gasteiger partial charge in [0.2, 0.25) is 0 Å². The van der Waals surface area contributed by atoms with Crippen LogP contribution in [-0.4, -0.2) is 39.3 Å². The van der Waals surface area contributed by atoms with Crippen LogP contribution in [0.4, 0.5) is 0 Å². The Morgan fingerprint density at radius 2 is 1.85 bits per heavy atom. The van der Waals surface area contributed by atoms with E-state index in [9.17, 15) is 0 Å². The lowest BCUT2D eigenvalue weighted by atomic mass is 10.1. The molecule has 2 rings (SSSR count). The average Bonchev–Trinajstić information content (AvgIpc) is 2.63. The molecule has 0 saturated heterocycles. The van der Waals surface area contributed by atoms with Crippen molar-refractivity contribution in [2.45, 2.75) is 19.5 Å². The second-order valence-corrected chi connectivity index (χ2v) is 6.84. The summed E-state index contributed by atoms with van der Waals surface area (Å²) in [5, 5.41) is 3.66. The minimum Gasteiger partial charge on any atom is -0.493 e. The van der Waals surface area contributed by atoms with Gasteiger partial charge in [0.15, 0.2) is 11.5 Å². The molecule has 1 N–H and O–H groups in total. The fourth-order valence-electron chi connectivity index (χ4n) is 2.72. The van der Waals surface area contributed by atoms with E-state index in [0.717, 1.165) is 35.7 Å². The molecule has 2 aromatic carbocycles. The van der Waals surface area contributed by atoms with Crippen molar-refractivity contribution < 1.29 is 9.47 Å². The van der Waals surface area contributed by atoms with Crippen molar-refractivity contribution >= 4 is 0 Å². The molecule has 0 aromatic heterocycles. The molecular weight excluding hydrogens is 324 g/mol. The number of benzene rings is 2. The van der Waals surface area contributed by atoms with Gasteiger partial charge in [0, 0.05) is 19.1 Å². The first-order chi connectivity index (χ1) is 12.5. The molecule has 4 nitrogen and oxygen atoms in total. The van der Waals surface area contributed by atoms with Gasteiger partial charge in [-0.1, -0.05) is 43.0 Å². The van der Waals surface area contributed by atoms with Gasteiger partial charge in [-0.25, -0.2) is 0 Å². The Hall–Kier alpha value is -2.30. The van der Waals surface area contributed by atoms with Crippen molar-refractivity contribution in [3.05, 3.63) is 71.8 Å². The number of hydrogen-bond acceptors (Lipinski definition) is 4. The fraction of sp³-hybridized carbons (Fsp3) is 0.364. The summed E-state index contributed by atoms with van der Waals surface area (Å²) in [4.78, 5) is 2.19. The Kier molecular flexibility index (Phi) is 7.70. The van der Waals surface area contributed by atoms with Crippen LogP contribution in [0.5, 0.6) is 11.5 Å². The lowest BCUT2D eigenvalue weighted by Gasteiger charge is -2.23. The van der Waals surface area contributed by atoms with E-state index in [1.54, 1.807) is 7.11 Å². The van der Waals surface area contributed by atoms with E-state index < -0.39 is 0 Å². The first-order valence-electron chi connectivity index (χ1n) is 8.86. The Balaban J connectivity index is 2.10. The SMILES string of the molecule is C=C(C)COc1cc(CNC(CN(C)C)c2ccccc2)ccc1OC. The summed E-state index contributed by atoms with van der Waals surface area (Å²) < 4.78 is 11.2. The molecule has 0 fully saturated rings. The van der Waals surface area contributed by atoms with Crippen LogP contribution in [-0.2, 0) is 6.54 Å². The van der Waals surface area contributed by atoms with Gasteiger partial charge in [0.1, 0.15) is 6.61 Å². The molecule has 1 unspecified atom stereocenters. The van der Waals surface area contributed by atoms with Crippen LogP contribution in [0.15, 0.2) is 60.7 Å². The number of ether oxygens (including phenoxy) is 2. The molecule has 1 atom stereocenters. The van der Waals surface area contributed by atoms with Gasteiger partial charge in [0.25, 0.3) is 0 Å². The molecule has 0 aliphatic carbocycles. The van der Waals surface area contributed by atoms with Crippen molar-refractivity contribution in [2.75, 3.05) is 34.4 Å². The van der Waals surface area contributed by atoms with Crippen LogP contribution >= 0.6 is 0 Å². The fourth-order valence-corrected chi connectivity index (χ4v) is 2.72. The van der Waals surface area contributed by atoms with Crippen LogP contribution in [0.2, 0.25) is 0 Å². The van der Waals surface area contributed by atoms with Crippen LogP contribution in [0.1, 0.15) is 24.1 Å². The molecule has 26 heavy (non-hydrogen) atoms. The summed E-state index contributed by atoms with van der Waals surface area (Å²) in [6.07, 6.45) is 0. The number of nitrogens with zero attached hydrogens (tertiary/aromatic N) is 1. The summed E-state index contributed by atoms with van der Waals surface area (Å²) in [5.41, 5.74) is 3.42. The lowest BCUT2D eigenvalue weighted by Crippen LogP contribution is -2.30. The number of likely N-dealkylation sites (N-methyl/N-ethyl adjacent to an activating group) is 1. The van der Waals surface area contributed by atoms with Gasteiger partial charge in [0.05, 0.1) is 7.11 Å². The zero-order chi connectivity index (χ0) is 18.9. The monoisotopic (exact) mass is 354 g/mol. The second kappa shape index (κ2) is 10.00. The zero-order valence-electron chi connectivity index (χ0n) is 16.3. The van der Waals surface area contributed by atoms with E-state index in [0.29, 0.717) is 6.61 Å². The maximum absolute atomic E-state index is 5.83. The van der Waals surface area contributed by atoms with E-state index >= 15 is 0 Å². The molecule has 0 radical (unpaired) electrons. The highest BCUT2D eigenvalue weighted by Crippen LogP contribution is 2.28. The normalized spacial score (nSPS) is 12.0. The quantitative estimate of drug-likeness (QED) is 0.653. The van der Waals surface area contributed by atoms with Crippen molar-refractivity contribution in [3.8, 4) is 11.5 Å². The summed E-state index contributed by atoms with van der Waals surface area (Å²) in [6.45, 7) is 8.00. The van der Waals surface area contributed by atoms with Crippen molar-refractivity contribution in [1.29, 1.82) is 0 Å². The third kappa shape index (κ3) is 6.21. The lowest BCUT2D eigenvalue weighted by molar-refractivity contribution is 0.318. The molecule has 0 aliphatic heterocycles. The largest absolute Gasteiger partial charge is 0.493 e. The van der Waals surface area contributed by atoms with Crippen molar-refractivity contribution in [2.24, 2.45) is 0 Å². The van der Waals surface area contributed by atoms with E-state index in [4.69, 9.17) is 9.47 Å². The molecule has 0 spiro atoms. The summed E-state index contributed by atoms with van der Waals surface area (Å²) >= 11 is 0. The first kappa shape index (κ1) is 20.0. The number of nitrogens with one attached hydrogen (secondary N) is 1. The summed E-state index contributed by atoms with van der Waals surface area (Å²) in [7, 11) is 5.84. The highest BCUT2D eigenvalue weighted by molar-refractivity contribution is 5.43. The van der Waals surface area contributed by atoms with Crippen LogP contribution in [0.3, 0.4) is 0 Å². The molecule has 2 aromatic rings. The van der Waals surface area contributed by atoms with Gasteiger partial charge >= 0.3 is 0 Å². The van der Waals surface area contributed by atoms with E-state index in [2.05, 4.69) is 61.2 Å². The summed E-state index contributed by atoms with van der Waals surface area (Å²) in [5.74, 6) is 1.49. The first-order valence-corrected chi connectivity index (χ1v) is 8.86. The standard InChI is InChI=1S/C22H30N2O2/c1-17(2)16-26-22-13-18(11-12-21(22)25-5)14-23-20(15-24(3)4)19-9-7-6-8-10-19/h6-13,20,23H,1,14-16H2,2-5H3. The van der Waals surface area contributed by atoms with Crippen molar-refractivity contribution in [1.82, 2.24) is 10.2 Å². The topological polar surface area (TPSA) is 33.7 Å². The van der Waals surface area contributed by atoms with Gasteiger partial charge in [-0.3, -0.25) is 0 Å². The Morgan fingerprint density at radius 1 is 1.12 bits per heavy atom.